The third-order valence-corrected chi connectivity index (χ3v) is 3.08. The standard InChI is InChI=1S/C6H11NO2S/c1-10(8,9)6-3-2-5(7)4-6/h2-3,5-6H,4,7H2,1H3/t5-,6+/m1/s1. The first-order valence-electron chi connectivity index (χ1n) is 3.13. The molecule has 10 heavy (non-hydrogen) atoms. The lowest BCUT2D eigenvalue weighted by Gasteiger charge is -2.04. The predicted molar refractivity (Wildman–Crippen MR) is 40.4 cm³/mol. The Bertz CT molecular complexity index is 242. The Morgan fingerprint density at radius 2 is 2.10 bits per heavy atom. The molecule has 0 fully saturated rings. The quantitative estimate of drug-likeness (QED) is 0.536. The van der Waals surface area contributed by atoms with Gasteiger partial charge >= 0.3 is 0 Å². The van der Waals surface area contributed by atoms with E-state index in [1.54, 1.807) is 12.2 Å². The van der Waals surface area contributed by atoms with Crippen molar-refractivity contribution in [2.45, 2.75) is 17.7 Å². The van der Waals surface area contributed by atoms with E-state index < -0.39 is 9.84 Å². The SMILES string of the molecule is CS(=O)(=O)[C@H]1C=C[C@@H](N)C1. The van der Waals surface area contributed by atoms with Gasteiger partial charge in [0.1, 0.15) is 0 Å². The maximum absolute atomic E-state index is 10.9. The molecule has 2 N–H and O–H groups in total. The smallest absolute Gasteiger partial charge is 0.153 e. The molecule has 4 heteroatoms. The van der Waals surface area contributed by atoms with Crippen molar-refractivity contribution < 1.29 is 8.42 Å². The molecule has 1 rings (SSSR count). The first-order valence-corrected chi connectivity index (χ1v) is 5.08. The Labute approximate surface area is 60.8 Å². The van der Waals surface area contributed by atoms with E-state index in [0.717, 1.165) is 0 Å². The minimum absolute atomic E-state index is 0.0697. The summed E-state index contributed by atoms with van der Waals surface area (Å²) in [4.78, 5) is 0. The van der Waals surface area contributed by atoms with Crippen molar-refractivity contribution in [2.75, 3.05) is 6.26 Å². The van der Waals surface area contributed by atoms with Gasteiger partial charge in [-0.2, -0.15) is 0 Å². The van der Waals surface area contributed by atoms with Gasteiger partial charge in [-0.25, -0.2) is 8.42 Å². The Balaban J connectivity index is 2.73. The summed E-state index contributed by atoms with van der Waals surface area (Å²) < 4.78 is 21.7. The van der Waals surface area contributed by atoms with Gasteiger partial charge in [0.2, 0.25) is 0 Å². The van der Waals surface area contributed by atoms with Crippen molar-refractivity contribution in [2.24, 2.45) is 5.73 Å². The average Bonchev–Trinajstić information content (AvgIpc) is 2.11. The van der Waals surface area contributed by atoms with Crippen LogP contribution in [-0.4, -0.2) is 26.0 Å². The Kier molecular flexibility index (Phi) is 1.83. The highest BCUT2D eigenvalue weighted by Gasteiger charge is 2.23. The molecule has 0 bridgehead atoms. The molecule has 0 aliphatic heterocycles. The lowest BCUT2D eigenvalue weighted by molar-refractivity contribution is 0.589. The van der Waals surface area contributed by atoms with Crippen LogP contribution in [0.5, 0.6) is 0 Å². The molecule has 0 aromatic carbocycles. The minimum atomic E-state index is -2.90. The fourth-order valence-electron chi connectivity index (χ4n) is 1.01. The molecular formula is C6H11NO2S. The van der Waals surface area contributed by atoms with E-state index in [4.69, 9.17) is 5.73 Å². The molecule has 0 unspecified atom stereocenters. The topological polar surface area (TPSA) is 60.2 Å². The van der Waals surface area contributed by atoms with Crippen molar-refractivity contribution in [3.63, 3.8) is 0 Å². The highest BCUT2D eigenvalue weighted by Crippen LogP contribution is 2.15. The van der Waals surface area contributed by atoms with Gasteiger partial charge in [0.05, 0.1) is 5.25 Å². The molecule has 0 saturated carbocycles. The second kappa shape index (κ2) is 2.36. The molecule has 0 radical (unpaired) electrons. The van der Waals surface area contributed by atoms with E-state index in [2.05, 4.69) is 0 Å². The lowest BCUT2D eigenvalue weighted by atomic mass is 10.3. The second-order valence-corrected chi connectivity index (χ2v) is 4.92. The van der Waals surface area contributed by atoms with E-state index in [0.29, 0.717) is 6.42 Å². The van der Waals surface area contributed by atoms with Crippen LogP contribution in [0.15, 0.2) is 12.2 Å². The van der Waals surface area contributed by atoms with Gasteiger partial charge in [0.25, 0.3) is 0 Å². The maximum atomic E-state index is 10.9. The summed E-state index contributed by atoms with van der Waals surface area (Å²) in [6, 6.07) is -0.0697. The molecule has 0 aromatic heterocycles. The zero-order chi connectivity index (χ0) is 7.78. The Morgan fingerprint density at radius 3 is 2.30 bits per heavy atom. The second-order valence-electron chi connectivity index (χ2n) is 2.65. The molecule has 3 nitrogen and oxygen atoms in total. The van der Waals surface area contributed by atoms with Gasteiger partial charge in [-0.15, -0.1) is 0 Å². The molecule has 1 aliphatic rings. The lowest BCUT2D eigenvalue weighted by Crippen LogP contribution is -2.22. The number of nitrogens with two attached hydrogens (primary N) is 1. The van der Waals surface area contributed by atoms with E-state index in [9.17, 15) is 8.42 Å². The minimum Gasteiger partial charge on any atom is -0.324 e. The van der Waals surface area contributed by atoms with Crippen LogP contribution in [0, 0.1) is 0 Å². The fourth-order valence-corrected chi connectivity index (χ4v) is 1.96. The van der Waals surface area contributed by atoms with Crippen molar-refractivity contribution >= 4 is 9.84 Å². The van der Waals surface area contributed by atoms with Gasteiger partial charge in [-0.1, -0.05) is 12.2 Å². The zero-order valence-corrected chi connectivity index (χ0v) is 6.64. The summed E-state index contributed by atoms with van der Waals surface area (Å²) in [5, 5.41) is -0.345. The monoisotopic (exact) mass is 161 g/mol. The van der Waals surface area contributed by atoms with Crippen LogP contribution in [0.3, 0.4) is 0 Å². The molecule has 58 valence electrons. The van der Waals surface area contributed by atoms with E-state index in [1.165, 1.54) is 6.26 Å². The van der Waals surface area contributed by atoms with Crippen molar-refractivity contribution in [1.82, 2.24) is 0 Å². The van der Waals surface area contributed by atoms with Crippen molar-refractivity contribution in [3.8, 4) is 0 Å². The number of rotatable bonds is 1. The number of hydrogen-bond donors (Lipinski definition) is 1. The van der Waals surface area contributed by atoms with Crippen LogP contribution in [0.1, 0.15) is 6.42 Å². The fraction of sp³-hybridized carbons (Fsp3) is 0.667. The highest BCUT2D eigenvalue weighted by molar-refractivity contribution is 7.91. The molecule has 0 spiro atoms. The molecule has 0 aromatic rings. The van der Waals surface area contributed by atoms with Gasteiger partial charge in [-0.05, 0) is 6.42 Å². The third kappa shape index (κ3) is 1.58. The average molecular weight is 161 g/mol. The molecular weight excluding hydrogens is 150 g/mol. The van der Waals surface area contributed by atoms with Gasteiger partial charge in [0, 0.05) is 12.3 Å². The van der Waals surface area contributed by atoms with Crippen LogP contribution in [0.2, 0.25) is 0 Å². The third-order valence-electron chi connectivity index (χ3n) is 1.63. The predicted octanol–water partition coefficient (Wildman–Crippen LogP) is -0.313. The molecule has 1 aliphatic carbocycles. The van der Waals surface area contributed by atoms with Gasteiger partial charge in [0.15, 0.2) is 9.84 Å². The zero-order valence-electron chi connectivity index (χ0n) is 5.82. The molecule has 0 heterocycles. The number of hydrogen-bond acceptors (Lipinski definition) is 3. The largest absolute Gasteiger partial charge is 0.324 e. The van der Waals surface area contributed by atoms with Crippen LogP contribution in [-0.2, 0) is 9.84 Å². The number of sulfone groups is 1. The Hall–Kier alpha value is -0.350. The summed E-state index contributed by atoms with van der Waals surface area (Å²) in [5.74, 6) is 0. The first kappa shape index (κ1) is 7.75. The van der Waals surface area contributed by atoms with Crippen LogP contribution in [0.4, 0.5) is 0 Å². The summed E-state index contributed by atoms with van der Waals surface area (Å²) in [5.41, 5.74) is 5.47. The van der Waals surface area contributed by atoms with E-state index in [-0.39, 0.29) is 11.3 Å². The molecule has 0 saturated heterocycles. The maximum Gasteiger partial charge on any atom is 0.153 e. The van der Waals surface area contributed by atoms with Gasteiger partial charge in [-0.3, -0.25) is 0 Å². The summed E-state index contributed by atoms with van der Waals surface area (Å²) in [7, 11) is -2.90. The normalized spacial score (nSPS) is 33.0. The summed E-state index contributed by atoms with van der Waals surface area (Å²) >= 11 is 0. The van der Waals surface area contributed by atoms with Crippen molar-refractivity contribution in [3.05, 3.63) is 12.2 Å². The van der Waals surface area contributed by atoms with E-state index in [1.807, 2.05) is 0 Å². The van der Waals surface area contributed by atoms with Gasteiger partial charge < -0.3 is 5.73 Å². The van der Waals surface area contributed by atoms with E-state index >= 15 is 0 Å². The first-order chi connectivity index (χ1) is 4.50. The van der Waals surface area contributed by atoms with Crippen LogP contribution < -0.4 is 5.73 Å². The summed E-state index contributed by atoms with van der Waals surface area (Å²) in [6.45, 7) is 0. The molecule has 0 amide bonds. The van der Waals surface area contributed by atoms with Crippen molar-refractivity contribution in [1.29, 1.82) is 0 Å². The van der Waals surface area contributed by atoms with Crippen LogP contribution >= 0.6 is 0 Å². The Morgan fingerprint density at radius 1 is 1.50 bits per heavy atom. The molecule has 2 atom stereocenters. The van der Waals surface area contributed by atoms with Crippen LogP contribution in [0.25, 0.3) is 0 Å². The summed E-state index contributed by atoms with van der Waals surface area (Å²) in [6.07, 6.45) is 5.19. The highest BCUT2D eigenvalue weighted by atomic mass is 32.2.